The summed E-state index contributed by atoms with van der Waals surface area (Å²) in [7, 11) is 4.67. The van der Waals surface area contributed by atoms with Crippen molar-refractivity contribution in [1.82, 2.24) is 5.32 Å². The van der Waals surface area contributed by atoms with Crippen molar-refractivity contribution in [3.8, 4) is 17.2 Å². The van der Waals surface area contributed by atoms with Gasteiger partial charge in [0.1, 0.15) is 5.75 Å². The van der Waals surface area contributed by atoms with Gasteiger partial charge >= 0.3 is 0 Å². The van der Waals surface area contributed by atoms with Gasteiger partial charge in [0.05, 0.1) is 33.4 Å². The minimum Gasteiger partial charge on any atom is -0.495 e. The van der Waals surface area contributed by atoms with Crippen LogP contribution in [0.25, 0.3) is 0 Å². The van der Waals surface area contributed by atoms with Crippen molar-refractivity contribution in [3.63, 3.8) is 0 Å². The Morgan fingerprint density at radius 1 is 0.929 bits per heavy atom. The molecule has 0 fully saturated rings. The lowest BCUT2D eigenvalue weighted by molar-refractivity contribution is -0.121. The number of carbonyl (C=O) groups is 2. The number of anilines is 1. The molecular formula is C21H26N2O5. The topological polar surface area (TPSA) is 77.1 Å². The average molecular weight is 386 g/mol. The molecule has 0 aliphatic carbocycles. The first-order chi connectivity index (χ1) is 13.5. The summed E-state index contributed by atoms with van der Waals surface area (Å²) in [5, 5.41) is 2.84. The maximum Gasteiger partial charge on any atom is 0.224 e. The molecule has 0 atom stereocenters. The van der Waals surface area contributed by atoms with Gasteiger partial charge in [-0.15, -0.1) is 0 Å². The van der Waals surface area contributed by atoms with Gasteiger partial charge in [-0.3, -0.25) is 9.59 Å². The molecule has 0 heterocycles. The number of amides is 2. The van der Waals surface area contributed by atoms with Gasteiger partial charge in [-0.1, -0.05) is 18.2 Å². The Morgan fingerprint density at radius 2 is 1.61 bits per heavy atom. The lowest BCUT2D eigenvalue weighted by atomic mass is 10.1. The molecule has 2 aromatic rings. The summed E-state index contributed by atoms with van der Waals surface area (Å²) in [5.41, 5.74) is 1.48. The summed E-state index contributed by atoms with van der Waals surface area (Å²) < 4.78 is 15.8. The summed E-state index contributed by atoms with van der Waals surface area (Å²) >= 11 is 0. The number of nitrogens with one attached hydrogen (secondary N) is 1. The highest BCUT2D eigenvalue weighted by Crippen LogP contribution is 2.28. The standard InChI is InChI=1S/C21H26N2O5/c1-15(24)23(17-7-5-6-8-18(17)26-2)12-11-22-21(25)14-16-9-10-19(27-3)20(13-16)28-4/h5-10,13H,11-12,14H2,1-4H3,(H,22,25). The summed E-state index contributed by atoms with van der Waals surface area (Å²) in [6.07, 6.45) is 0.203. The second-order valence-corrected chi connectivity index (χ2v) is 6.06. The predicted molar refractivity (Wildman–Crippen MR) is 107 cm³/mol. The maximum absolute atomic E-state index is 12.3. The van der Waals surface area contributed by atoms with Gasteiger partial charge in [-0.05, 0) is 29.8 Å². The van der Waals surface area contributed by atoms with Crippen molar-refractivity contribution in [2.24, 2.45) is 0 Å². The van der Waals surface area contributed by atoms with Crippen molar-refractivity contribution in [3.05, 3.63) is 48.0 Å². The summed E-state index contributed by atoms with van der Waals surface area (Å²) in [4.78, 5) is 25.9. The Balaban J connectivity index is 1.95. The molecule has 0 radical (unpaired) electrons. The number of carbonyl (C=O) groups excluding carboxylic acids is 2. The van der Waals surface area contributed by atoms with Crippen LogP contribution in [-0.4, -0.2) is 46.2 Å². The van der Waals surface area contributed by atoms with Crippen LogP contribution in [0.3, 0.4) is 0 Å². The van der Waals surface area contributed by atoms with Crippen molar-refractivity contribution >= 4 is 17.5 Å². The molecule has 0 aliphatic heterocycles. The van der Waals surface area contributed by atoms with Crippen molar-refractivity contribution < 1.29 is 23.8 Å². The van der Waals surface area contributed by atoms with Gasteiger partial charge in [0.15, 0.2) is 11.5 Å². The summed E-state index contributed by atoms with van der Waals surface area (Å²) in [6.45, 7) is 2.15. The average Bonchev–Trinajstić information content (AvgIpc) is 2.70. The molecule has 7 heteroatoms. The number of rotatable bonds is 9. The molecule has 1 N–H and O–H groups in total. The predicted octanol–water partition coefficient (Wildman–Crippen LogP) is 2.42. The molecule has 0 bridgehead atoms. The van der Waals surface area contributed by atoms with E-state index in [1.165, 1.54) is 6.92 Å². The zero-order valence-electron chi connectivity index (χ0n) is 16.7. The SMILES string of the molecule is COc1ccc(CC(=O)NCCN(C(C)=O)c2ccccc2OC)cc1OC. The fraction of sp³-hybridized carbons (Fsp3) is 0.333. The molecule has 0 aliphatic rings. The Bertz CT molecular complexity index is 822. The van der Waals surface area contributed by atoms with E-state index in [9.17, 15) is 9.59 Å². The molecule has 2 rings (SSSR count). The second-order valence-electron chi connectivity index (χ2n) is 6.06. The molecular weight excluding hydrogens is 360 g/mol. The quantitative estimate of drug-likeness (QED) is 0.716. The zero-order valence-corrected chi connectivity index (χ0v) is 16.7. The van der Waals surface area contributed by atoms with Crippen LogP contribution in [0.2, 0.25) is 0 Å². The van der Waals surface area contributed by atoms with E-state index in [0.717, 1.165) is 5.56 Å². The highest BCUT2D eigenvalue weighted by Gasteiger charge is 2.16. The molecule has 0 saturated heterocycles. The van der Waals surface area contributed by atoms with Crippen LogP contribution in [0.15, 0.2) is 42.5 Å². The Kier molecular flexibility index (Phi) is 7.68. The van der Waals surface area contributed by atoms with Gasteiger partial charge in [-0.2, -0.15) is 0 Å². The molecule has 7 nitrogen and oxygen atoms in total. The first-order valence-corrected chi connectivity index (χ1v) is 8.88. The second kappa shape index (κ2) is 10.2. The molecule has 0 aromatic heterocycles. The van der Waals surface area contributed by atoms with E-state index in [1.807, 2.05) is 24.3 Å². The third kappa shape index (κ3) is 5.39. The minimum atomic E-state index is -0.143. The Hall–Kier alpha value is -3.22. The highest BCUT2D eigenvalue weighted by atomic mass is 16.5. The first-order valence-electron chi connectivity index (χ1n) is 8.88. The number of benzene rings is 2. The number of nitrogens with zero attached hydrogens (tertiary/aromatic N) is 1. The molecule has 28 heavy (non-hydrogen) atoms. The monoisotopic (exact) mass is 386 g/mol. The third-order valence-electron chi connectivity index (χ3n) is 4.23. The van der Waals surface area contributed by atoms with Crippen molar-refractivity contribution in [2.75, 3.05) is 39.3 Å². The fourth-order valence-electron chi connectivity index (χ4n) is 2.85. The van der Waals surface area contributed by atoms with Crippen molar-refractivity contribution in [1.29, 1.82) is 0 Å². The van der Waals surface area contributed by atoms with Crippen LogP contribution in [0, 0.1) is 0 Å². The third-order valence-corrected chi connectivity index (χ3v) is 4.23. The number of methoxy groups -OCH3 is 3. The van der Waals surface area contributed by atoms with Gasteiger partial charge in [-0.25, -0.2) is 0 Å². The molecule has 0 saturated carbocycles. The molecule has 2 aromatic carbocycles. The van der Waals surface area contributed by atoms with Gasteiger partial charge in [0.25, 0.3) is 0 Å². The number of hydrogen-bond acceptors (Lipinski definition) is 5. The molecule has 0 spiro atoms. The molecule has 150 valence electrons. The number of ether oxygens (including phenoxy) is 3. The first kappa shape index (κ1) is 21.1. The van der Waals surface area contributed by atoms with E-state index in [0.29, 0.717) is 36.0 Å². The summed E-state index contributed by atoms with van der Waals surface area (Å²) in [6, 6.07) is 12.6. The lowest BCUT2D eigenvalue weighted by Gasteiger charge is -2.23. The Morgan fingerprint density at radius 3 is 2.25 bits per heavy atom. The van der Waals surface area contributed by atoms with E-state index >= 15 is 0 Å². The van der Waals surface area contributed by atoms with Crippen LogP contribution in [0.1, 0.15) is 12.5 Å². The smallest absolute Gasteiger partial charge is 0.224 e. The van der Waals surface area contributed by atoms with E-state index in [4.69, 9.17) is 14.2 Å². The van der Waals surface area contributed by atoms with E-state index in [-0.39, 0.29) is 18.2 Å². The normalized spacial score (nSPS) is 10.1. The van der Waals surface area contributed by atoms with E-state index in [2.05, 4.69) is 5.32 Å². The van der Waals surface area contributed by atoms with Crippen LogP contribution in [0.4, 0.5) is 5.69 Å². The van der Waals surface area contributed by atoms with Crippen LogP contribution in [0.5, 0.6) is 17.2 Å². The minimum absolute atomic E-state index is 0.126. The fourth-order valence-corrected chi connectivity index (χ4v) is 2.85. The largest absolute Gasteiger partial charge is 0.495 e. The molecule has 2 amide bonds. The lowest BCUT2D eigenvalue weighted by Crippen LogP contribution is -2.38. The highest BCUT2D eigenvalue weighted by molar-refractivity contribution is 5.93. The Labute approximate surface area is 165 Å². The van der Waals surface area contributed by atoms with E-state index in [1.54, 1.807) is 44.4 Å². The van der Waals surface area contributed by atoms with Crippen LogP contribution in [-0.2, 0) is 16.0 Å². The van der Waals surface area contributed by atoms with Crippen LogP contribution < -0.4 is 24.4 Å². The van der Waals surface area contributed by atoms with E-state index < -0.39 is 0 Å². The van der Waals surface area contributed by atoms with Gasteiger partial charge < -0.3 is 24.4 Å². The van der Waals surface area contributed by atoms with Gasteiger partial charge in [0.2, 0.25) is 11.8 Å². The molecule has 0 unspecified atom stereocenters. The van der Waals surface area contributed by atoms with Crippen LogP contribution >= 0.6 is 0 Å². The number of hydrogen-bond donors (Lipinski definition) is 1. The van der Waals surface area contributed by atoms with Gasteiger partial charge in [0, 0.05) is 20.0 Å². The van der Waals surface area contributed by atoms with Crippen molar-refractivity contribution in [2.45, 2.75) is 13.3 Å². The number of para-hydroxylation sites is 2. The zero-order chi connectivity index (χ0) is 20.5. The summed E-state index contributed by atoms with van der Waals surface area (Å²) in [5.74, 6) is 1.52. The maximum atomic E-state index is 12.3.